The van der Waals surface area contributed by atoms with Crippen molar-refractivity contribution in [3.63, 3.8) is 0 Å². The summed E-state index contributed by atoms with van der Waals surface area (Å²) in [5.41, 5.74) is 2.09. The summed E-state index contributed by atoms with van der Waals surface area (Å²) in [5.74, 6) is -2.36. The van der Waals surface area contributed by atoms with Crippen molar-refractivity contribution in [3.8, 4) is 0 Å². The van der Waals surface area contributed by atoms with Crippen LogP contribution in [0, 0.1) is 13.8 Å². The summed E-state index contributed by atoms with van der Waals surface area (Å²) >= 11 is 3.41. The van der Waals surface area contributed by atoms with E-state index in [4.69, 9.17) is 4.74 Å². The maximum atomic E-state index is 13.3. The van der Waals surface area contributed by atoms with Crippen LogP contribution < -0.4 is 0 Å². The zero-order chi connectivity index (χ0) is 25.3. The van der Waals surface area contributed by atoms with Crippen LogP contribution in [-0.2, 0) is 20.9 Å². The van der Waals surface area contributed by atoms with Gasteiger partial charge in [0.1, 0.15) is 11.5 Å². The number of esters is 1. The molecule has 1 amide bonds. The number of H-pyrrole nitrogens is 1. The minimum absolute atomic E-state index is 0.0124. The number of halogens is 1. The van der Waals surface area contributed by atoms with Crippen LogP contribution in [0.1, 0.15) is 45.3 Å². The van der Waals surface area contributed by atoms with Gasteiger partial charge in [0, 0.05) is 41.2 Å². The van der Waals surface area contributed by atoms with E-state index in [0.717, 1.165) is 4.47 Å². The van der Waals surface area contributed by atoms with Gasteiger partial charge in [-0.3, -0.25) is 9.59 Å². The van der Waals surface area contributed by atoms with Crippen LogP contribution in [-0.4, -0.2) is 55.9 Å². The standard InChI is InChI=1S/C25H25BrN4O5/c1-14-18(15(2)28-20(14)25(34)35-3)22(31)19-21(16-5-7-17(26)8-6-16)30(24(33)23(19)32)11-4-10-29-12-9-27-13-29/h5-9,12-13,21,28,31H,4,10-11H2,1-3H3. The van der Waals surface area contributed by atoms with Gasteiger partial charge in [-0.2, -0.15) is 0 Å². The molecule has 1 atom stereocenters. The molecule has 2 N–H and O–H groups in total. The van der Waals surface area contributed by atoms with Crippen molar-refractivity contribution in [1.29, 1.82) is 0 Å². The first-order valence-corrected chi connectivity index (χ1v) is 11.8. The molecule has 10 heteroatoms. The van der Waals surface area contributed by atoms with E-state index in [9.17, 15) is 19.5 Å². The van der Waals surface area contributed by atoms with Crippen molar-refractivity contribution in [2.24, 2.45) is 0 Å². The molecule has 3 aromatic rings. The number of nitrogens with zero attached hydrogens (tertiary/aromatic N) is 3. The number of aromatic nitrogens is 3. The number of amides is 1. The highest BCUT2D eigenvalue weighted by molar-refractivity contribution is 9.10. The third-order valence-corrected chi connectivity index (χ3v) is 6.69. The number of imidazole rings is 1. The van der Waals surface area contributed by atoms with E-state index in [1.54, 1.807) is 26.4 Å². The molecule has 0 radical (unpaired) electrons. The summed E-state index contributed by atoms with van der Waals surface area (Å²) in [4.78, 5) is 47.0. The third-order valence-electron chi connectivity index (χ3n) is 6.16. The quantitative estimate of drug-likeness (QED) is 0.203. The molecule has 4 rings (SSSR count). The van der Waals surface area contributed by atoms with Crippen LogP contribution in [0.3, 0.4) is 0 Å². The lowest BCUT2D eigenvalue weighted by Crippen LogP contribution is -2.31. The van der Waals surface area contributed by atoms with E-state index in [2.05, 4.69) is 25.9 Å². The van der Waals surface area contributed by atoms with Gasteiger partial charge in [-0.15, -0.1) is 0 Å². The molecule has 1 aromatic carbocycles. The number of nitrogens with one attached hydrogen (secondary N) is 1. The Balaban J connectivity index is 1.79. The van der Waals surface area contributed by atoms with Crippen molar-refractivity contribution in [2.75, 3.05) is 13.7 Å². The van der Waals surface area contributed by atoms with Crippen LogP contribution in [0.25, 0.3) is 5.76 Å². The summed E-state index contributed by atoms with van der Waals surface area (Å²) in [5, 5.41) is 11.4. The molecule has 35 heavy (non-hydrogen) atoms. The van der Waals surface area contributed by atoms with E-state index in [-0.39, 0.29) is 17.0 Å². The summed E-state index contributed by atoms with van der Waals surface area (Å²) < 4.78 is 7.56. The number of rotatable bonds is 7. The number of ketones is 1. The molecule has 2 aromatic heterocycles. The fourth-order valence-corrected chi connectivity index (χ4v) is 4.76. The van der Waals surface area contributed by atoms with E-state index >= 15 is 0 Å². The Kier molecular flexibility index (Phi) is 6.93. The van der Waals surface area contributed by atoms with E-state index in [1.165, 1.54) is 12.0 Å². The number of likely N-dealkylation sites (tertiary alicyclic amines) is 1. The molecule has 1 unspecified atom stereocenters. The fourth-order valence-electron chi connectivity index (χ4n) is 4.49. The highest BCUT2D eigenvalue weighted by atomic mass is 79.9. The van der Waals surface area contributed by atoms with E-state index < -0.39 is 23.7 Å². The van der Waals surface area contributed by atoms with Gasteiger partial charge in [0.05, 0.1) is 25.1 Å². The number of carbonyl (C=O) groups is 3. The summed E-state index contributed by atoms with van der Waals surface area (Å²) in [6.45, 7) is 4.26. The molecule has 3 heterocycles. The molecule has 0 aliphatic carbocycles. The Hall–Kier alpha value is -3.66. The summed E-state index contributed by atoms with van der Waals surface area (Å²) in [6, 6.07) is 6.49. The first-order valence-electron chi connectivity index (χ1n) is 11.0. The first kappa shape index (κ1) is 24.5. The number of benzene rings is 1. The van der Waals surface area contributed by atoms with Crippen LogP contribution in [0.15, 0.2) is 53.0 Å². The fraction of sp³-hybridized carbons (Fsp3) is 0.280. The normalized spacial score (nSPS) is 17.3. The molecule has 1 fully saturated rings. The number of aliphatic hydroxyl groups excluding tert-OH is 1. The molecule has 9 nitrogen and oxygen atoms in total. The number of hydrogen-bond donors (Lipinski definition) is 2. The predicted molar refractivity (Wildman–Crippen MR) is 132 cm³/mol. The second-order valence-corrected chi connectivity index (χ2v) is 9.23. The van der Waals surface area contributed by atoms with E-state index in [0.29, 0.717) is 41.9 Å². The average molecular weight is 541 g/mol. The van der Waals surface area contributed by atoms with E-state index in [1.807, 2.05) is 35.0 Å². The number of ether oxygens (including phenoxy) is 1. The lowest BCUT2D eigenvalue weighted by Gasteiger charge is -2.25. The lowest BCUT2D eigenvalue weighted by molar-refractivity contribution is -0.139. The maximum Gasteiger partial charge on any atom is 0.354 e. The molecular formula is C25H25BrN4O5. The molecule has 0 saturated carbocycles. The van der Waals surface area contributed by atoms with Gasteiger partial charge in [-0.25, -0.2) is 9.78 Å². The number of aryl methyl sites for hydroxylation is 2. The zero-order valence-electron chi connectivity index (χ0n) is 19.5. The van der Waals surface area contributed by atoms with Crippen molar-refractivity contribution >= 4 is 39.3 Å². The Labute approximate surface area is 210 Å². The Morgan fingerprint density at radius 1 is 1.20 bits per heavy atom. The van der Waals surface area contributed by atoms with Gasteiger partial charge in [0.15, 0.2) is 0 Å². The summed E-state index contributed by atoms with van der Waals surface area (Å²) in [7, 11) is 1.26. The number of carbonyl (C=O) groups excluding carboxylic acids is 3. The molecule has 1 aliphatic heterocycles. The minimum Gasteiger partial charge on any atom is -0.507 e. The third kappa shape index (κ3) is 4.53. The van der Waals surface area contributed by atoms with Crippen LogP contribution in [0.2, 0.25) is 0 Å². The van der Waals surface area contributed by atoms with Gasteiger partial charge in [-0.05, 0) is 43.5 Å². The second kappa shape index (κ2) is 9.91. The lowest BCUT2D eigenvalue weighted by atomic mass is 9.94. The van der Waals surface area contributed by atoms with Crippen LogP contribution in [0.4, 0.5) is 0 Å². The molecule has 0 bridgehead atoms. The van der Waals surface area contributed by atoms with Crippen molar-refractivity contribution in [1.82, 2.24) is 19.4 Å². The molecular weight excluding hydrogens is 516 g/mol. The average Bonchev–Trinajstić information content (AvgIpc) is 3.52. The largest absolute Gasteiger partial charge is 0.507 e. The predicted octanol–water partition coefficient (Wildman–Crippen LogP) is 3.89. The Bertz CT molecular complexity index is 1310. The Morgan fingerprint density at radius 3 is 2.54 bits per heavy atom. The van der Waals surface area contributed by atoms with Crippen LogP contribution >= 0.6 is 15.9 Å². The Morgan fingerprint density at radius 2 is 1.91 bits per heavy atom. The SMILES string of the molecule is COC(=O)c1[nH]c(C)c(C(O)=C2C(=O)C(=O)N(CCCn3ccnc3)C2c2ccc(Br)cc2)c1C. The van der Waals surface area contributed by atoms with Crippen molar-refractivity contribution in [3.05, 3.63) is 81.1 Å². The van der Waals surface area contributed by atoms with Crippen LogP contribution in [0.5, 0.6) is 0 Å². The number of aliphatic hydroxyl groups is 1. The smallest absolute Gasteiger partial charge is 0.354 e. The molecule has 1 saturated heterocycles. The maximum absolute atomic E-state index is 13.3. The number of methoxy groups -OCH3 is 1. The number of hydrogen-bond acceptors (Lipinski definition) is 6. The molecule has 0 spiro atoms. The highest BCUT2D eigenvalue weighted by Crippen LogP contribution is 2.41. The minimum atomic E-state index is -0.777. The first-order chi connectivity index (χ1) is 16.7. The highest BCUT2D eigenvalue weighted by Gasteiger charge is 2.46. The second-order valence-electron chi connectivity index (χ2n) is 8.31. The number of Topliss-reactive ketones (excluding diaryl/α,β-unsaturated/α-hetero) is 1. The molecule has 1 aliphatic rings. The van der Waals surface area contributed by atoms with Gasteiger partial charge in [0.2, 0.25) is 0 Å². The van der Waals surface area contributed by atoms with Gasteiger partial charge < -0.3 is 24.3 Å². The summed E-state index contributed by atoms with van der Waals surface area (Å²) in [6.07, 6.45) is 5.79. The number of aromatic amines is 1. The van der Waals surface area contributed by atoms with Gasteiger partial charge in [-0.1, -0.05) is 28.1 Å². The zero-order valence-corrected chi connectivity index (χ0v) is 21.1. The monoisotopic (exact) mass is 540 g/mol. The van der Waals surface area contributed by atoms with Gasteiger partial charge >= 0.3 is 5.97 Å². The van der Waals surface area contributed by atoms with Crippen molar-refractivity contribution in [2.45, 2.75) is 32.9 Å². The molecule has 182 valence electrons. The topological polar surface area (TPSA) is 118 Å². The van der Waals surface area contributed by atoms with Gasteiger partial charge in [0.25, 0.3) is 11.7 Å². The van der Waals surface area contributed by atoms with Crippen molar-refractivity contribution < 1.29 is 24.2 Å².